The quantitative estimate of drug-likeness (QED) is 0.360. The topological polar surface area (TPSA) is 27.7 Å². The van der Waals surface area contributed by atoms with Crippen LogP contribution in [0, 0.1) is 12.3 Å². The zero-order chi connectivity index (χ0) is 15.8. The molecule has 2 atom stereocenters. The highest BCUT2D eigenvalue weighted by molar-refractivity contribution is 6.69. The Bertz CT molecular complexity index is 326. The van der Waals surface area contributed by atoms with Crippen molar-refractivity contribution in [3.8, 4) is 12.3 Å². The lowest BCUT2D eigenvalue weighted by atomic mass is 9.96. The Morgan fingerprint density at radius 2 is 2.05 bits per heavy atom. The lowest BCUT2D eigenvalue weighted by Gasteiger charge is -2.35. The molecule has 0 aromatic carbocycles. The van der Waals surface area contributed by atoms with Crippen LogP contribution in [-0.4, -0.2) is 33.4 Å². The molecule has 0 bridgehead atoms. The van der Waals surface area contributed by atoms with E-state index in [2.05, 4.69) is 32.5 Å². The van der Waals surface area contributed by atoms with Crippen molar-refractivity contribution in [3.63, 3.8) is 0 Å². The smallest absolute Gasteiger partial charge is 0.184 e. The van der Waals surface area contributed by atoms with Crippen LogP contribution in [0.1, 0.15) is 51.9 Å². The zero-order valence-corrected chi connectivity index (χ0v) is 15.2. The van der Waals surface area contributed by atoms with Crippen molar-refractivity contribution in [2.24, 2.45) is 0 Å². The molecule has 1 rings (SSSR count). The predicted octanol–water partition coefficient (Wildman–Crippen LogP) is 4.33. The van der Waals surface area contributed by atoms with Gasteiger partial charge < -0.3 is 13.9 Å². The third-order valence-electron chi connectivity index (χ3n) is 3.57. The molecule has 3 nitrogen and oxygen atoms in total. The van der Waals surface area contributed by atoms with Gasteiger partial charge in [0.1, 0.15) is 0 Å². The lowest BCUT2D eigenvalue weighted by molar-refractivity contribution is -0.163. The van der Waals surface area contributed by atoms with Crippen molar-refractivity contribution in [2.45, 2.75) is 83.4 Å². The number of rotatable bonds is 9. The molecule has 0 aromatic rings. The Balaban J connectivity index is 2.22. The fraction of sp³-hybridized carbons (Fsp3) is 0.882. The van der Waals surface area contributed by atoms with E-state index in [-0.39, 0.29) is 11.9 Å². The summed E-state index contributed by atoms with van der Waals surface area (Å²) >= 11 is 0. The molecule has 0 unspecified atom stereocenters. The van der Waals surface area contributed by atoms with Gasteiger partial charge in [-0.2, -0.15) is 0 Å². The molecule has 0 radical (unpaired) electrons. The fourth-order valence-electron chi connectivity index (χ4n) is 2.79. The van der Waals surface area contributed by atoms with Gasteiger partial charge in [0, 0.05) is 19.6 Å². The van der Waals surface area contributed by atoms with E-state index >= 15 is 0 Å². The van der Waals surface area contributed by atoms with Gasteiger partial charge in [-0.15, -0.1) is 12.3 Å². The van der Waals surface area contributed by atoms with Crippen LogP contribution in [-0.2, 0) is 13.9 Å². The van der Waals surface area contributed by atoms with E-state index < -0.39 is 8.32 Å². The van der Waals surface area contributed by atoms with Crippen LogP contribution in [0.3, 0.4) is 0 Å². The van der Waals surface area contributed by atoms with E-state index in [1.807, 2.05) is 0 Å². The van der Waals surface area contributed by atoms with Crippen LogP contribution < -0.4 is 0 Å². The van der Waals surface area contributed by atoms with Crippen molar-refractivity contribution in [1.29, 1.82) is 0 Å². The van der Waals surface area contributed by atoms with Gasteiger partial charge >= 0.3 is 0 Å². The highest BCUT2D eigenvalue weighted by Gasteiger charge is 2.30. The van der Waals surface area contributed by atoms with E-state index in [1.165, 1.54) is 12.8 Å². The second kappa shape index (κ2) is 8.95. The van der Waals surface area contributed by atoms with Crippen LogP contribution in [0.15, 0.2) is 0 Å². The van der Waals surface area contributed by atoms with E-state index in [0.29, 0.717) is 6.42 Å². The maximum atomic E-state index is 6.29. The number of ether oxygens (including phenoxy) is 2. The molecule has 4 heteroatoms. The Labute approximate surface area is 131 Å². The van der Waals surface area contributed by atoms with Crippen LogP contribution >= 0.6 is 0 Å². The minimum atomic E-state index is -1.57. The molecule has 0 aliphatic carbocycles. The molecule has 0 amide bonds. The second-order valence-electron chi connectivity index (χ2n) is 7.17. The van der Waals surface area contributed by atoms with Crippen molar-refractivity contribution >= 4 is 8.32 Å². The molecule has 0 aromatic heterocycles. The maximum Gasteiger partial charge on any atom is 0.184 e. The normalized spacial score (nSPS) is 22.5. The van der Waals surface area contributed by atoms with Gasteiger partial charge in [0.05, 0.1) is 5.60 Å². The maximum absolute atomic E-state index is 6.29. The van der Waals surface area contributed by atoms with Gasteiger partial charge in [0.15, 0.2) is 14.6 Å². The summed E-state index contributed by atoms with van der Waals surface area (Å²) in [5.74, 6) is 2.77. The van der Waals surface area contributed by atoms with Crippen molar-refractivity contribution in [1.82, 2.24) is 0 Å². The Hall–Kier alpha value is -0.343. The summed E-state index contributed by atoms with van der Waals surface area (Å²) < 4.78 is 17.6. The van der Waals surface area contributed by atoms with Gasteiger partial charge in [-0.05, 0) is 65.1 Å². The third-order valence-corrected chi connectivity index (χ3v) is 4.68. The molecule has 21 heavy (non-hydrogen) atoms. The molecule has 1 saturated heterocycles. The zero-order valence-electron chi connectivity index (χ0n) is 14.2. The standard InChI is InChI=1S/C17H32O3Si/c1-6-12-17(2,20-21(3,4)5)13-8-10-15-19-16-11-7-9-14-18-16/h1,16H,7-15H2,2-5H3/t16-,17-/m0/s1. The van der Waals surface area contributed by atoms with Gasteiger partial charge in [0.25, 0.3) is 0 Å². The first-order valence-corrected chi connectivity index (χ1v) is 11.6. The lowest BCUT2D eigenvalue weighted by Crippen LogP contribution is -2.40. The molecular formula is C17H32O3Si. The van der Waals surface area contributed by atoms with E-state index in [4.69, 9.17) is 20.3 Å². The largest absolute Gasteiger partial charge is 0.411 e. The number of hydrogen-bond donors (Lipinski definition) is 0. The molecule has 122 valence electrons. The minimum Gasteiger partial charge on any atom is -0.411 e. The van der Waals surface area contributed by atoms with Crippen molar-refractivity contribution < 1.29 is 13.9 Å². The molecule has 1 heterocycles. The molecule has 1 fully saturated rings. The first-order chi connectivity index (χ1) is 9.85. The van der Waals surface area contributed by atoms with Crippen LogP contribution in [0.5, 0.6) is 0 Å². The molecule has 0 spiro atoms. The monoisotopic (exact) mass is 312 g/mol. The van der Waals surface area contributed by atoms with E-state index in [1.54, 1.807) is 0 Å². The average Bonchev–Trinajstić information content (AvgIpc) is 2.37. The summed E-state index contributed by atoms with van der Waals surface area (Å²) in [6.45, 7) is 10.4. The van der Waals surface area contributed by atoms with Gasteiger partial charge in [-0.3, -0.25) is 0 Å². The van der Waals surface area contributed by atoms with Gasteiger partial charge in [-0.25, -0.2) is 0 Å². The number of terminal acetylenes is 1. The SMILES string of the molecule is C#CC[C@@](C)(CCCCO[C@H]1CCCCO1)O[Si](C)(C)C. The van der Waals surface area contributed by atoms with Gasteiger partial charge in [-0.1, -0.05) is 0 Å². The summed E-state index contributed by atoms with van der Waals surface area (Å²) in [5.41, 5.74) is -0.180. The second-order valence-corrected chi connectivity index (χ2v) is 11.6. The van der Waals surface area contributed by atoms with Crippen LogP contribution in [0.2, 0.25) is 19.6 Å². The summed E-state index contributed by atoms with van der Waals surface area (Å²) in [4.78, 5) is 0. The predicted molar refractivity (Wildman–Crippen MR) is 89.7 cm³/mol. The Morgan fingerprint density at radius 1 is 1.29 bits per heavy atom. The fourth-order valence-corrected chi connectivity index (χ4v) is 4.44. The van der Waals surface area contributed by atoms with E-state index in [0.717, 1.165) is 38.9 Å². The first kappa shape index (κ1) is 18.7. The van der Waals surface area contributed by atoms with Gasteiger partial charge in [0.2, 0.25) is 0 Å². The summed E-state index contributed by atoms with van der Waals surface area (Å²) in [5, 5.41) is 0. The van der Waals surface area contributed by atoms with Crippen molar-refractivity contribution in [2.75, 3.05) is 13.2 Å². The number of hydrogen-bond acceptors (Lipinski definition) is 3. The van der Waals surface area contributed by atoms with Crippen LogP contribution in [0.25, 0.3) is 0 Å². The summed E-state index contributed by atoms with van der Waals surface area (Å²) in [7, 11) is -1.57. The van der Waals surface area contributed by atoms with E-state index in [9.17, 15) is 0 Å². The summed E-state index contributed by atoms with van der Waals surface area (Å²) in [6.07, 6.45) is 12.7. The van der Waals surface area contributed by atoms with Crippen molar-refractivity contribution in [3.05, 3.63) is 0 Å². The first-order valence-electron chi connectivity index (χ1n) is 8.21. The number of unbranched alkanes of at least 4 members (excludes halogenated alkanes) is 1. The average molecular weight is 313 g/mol. The van der Waals surface area contributed by atoms with Crippen LogP contribution in [0.4, 0.5) is 0 Å². The molecular weight excluding hydrogens is 280 g/mol. The molecule has 0 saturated carbocycles. The minimum absolute atomic E-state index is 0.0223. The molecule has 1 aliphatic heterocycles. The molecule has 1 aliphatic rings. The Morgan fingerprint density at radius 3 is 2.62 bits per heavy atom. The third kappa shape index (κ3) is 8.62. The highest BCUT2D eigenvalue weighted by Crippen LogP contribution is 2.27. The Kier molecular flexibility index (Phi) is 7.97. The molecule has 0 N–H and O–H groups in total. The highest BCUT2D eigenvalue weighted by atomic mass is 28.4. The summed E-state index contributed by atoms with van der Waals surface area (Å²) in [6, 6.07) is 0.